The Morgan fingerprint density at radius 3 is 2.80 bits per heavy atom. The molecule has 1 N–H and O–H groups in total. The van der Waals surface area contributed by atoms with Gasteiger partial charge in [-0.2, -0.15) is 0 Å². The summed E-state index contributed by atoms with van der Waals surface area (Å²) in [5.41, 5.74) is 1.79. The average molecular weight is 403 g/mol. The zero-order chi connectivity index (χ0) is 20.6. The standard InChI is InChI=1S/C23H26N6O/c30-23(20-9-4-12-24-18-20)25-13-10-21-26-27-22-11-15-28(16-17-29(21)22)14-5-8-19-6-2-1-3-7-19/h1-9,12,18H,10-11,13-17H2,(H,25,30)/b8-5+. The van der Waals surface area contributed by atoms with Crippen LogP contribution in [-0.2, 0) is 19.4 Å². The molecule has 1 aromatic carbocycles. The summed E-state index contributed by atoms with van der Waals surface area (Å²) in [6.45, 7) is 4.24. The summed E-state index contributed by atoms with van der Waals surface area (Å²) in [5.74, 6) is 1.84. The quantitative estimate of drug-likeness (QED) is 0.656. The van der Waals surface area contributed by atoms with Crippen molar-refractivity contribution in [2.75, 3.05) is 26.2 Å². The molecule has 0 radical (unpaired) electrons. The van der Waals surface area contributed by atoms with Gasteiger partial charge in [-0.05, 0) is 17.7 Å². The van der Waals surface area contributed by atoms with Crippen molar-refractivity contribution in [3.8, 4) is 0 Å². The Hall–Kier alpha value is -3.32. The van der Waals surface area contributed by atoms with Crippen LogP contribution in [-0.4, -0.2) is 56.7 Å². The van der Waals surface area contributed by atoms with E-state index in [1.54, 1.807) is 24.5 Å². The Morgan fingerprint density at radius 1 is 1.07 bits per heavy atom. The third-order valence-electron chi connectivity index (χ3n) is 5.23. The fourth-order valence-electron chi connectivity index (χ4n) is 3.58. The second-order valence-corrected chi connectivity index (χ2v) is 7.30. The average Bonchev–Trinajstić information content (AvgIpc) is 3.06. The number of rotatable bonds is 7. The molecule has 0 saturated carbocycles. The molecule has 1 aliphatic rings. The summed E-state index contributed by atoms with van der Waals surface area (Å²) in [5, 5.41) is 11.7. The summed E-state index contributed by atoms with van der Waals surface area (Å²) in [7, 11) is 0. The van der Waals surface area contributed by atoms with Crippen molar-refractivity contribution in [2.24, 2.45) is 0 Å². The third kappa shape index (κ3) is 5.18. The molecule has 2 aromatic heterocycles. The van der Waals surface area contributed by atoms with E-state index < -0.39 is 0 Å². The van der Waals surface area contributed by atoms with Crippen LogP contribution in [0.3, 0.4) is 0 Å². The number of nitrogens with zero attached hydrogens (tertiary/aromatic N) is 5. The monoisotopic (exact) mass is 402 g/mol. The number of hydrogen-bond donors (Lipinski definition) is 1. The smallest absolute Gasteiger partial charge is 0.252 e. The van der Waals surface area contributed by atoms with Crippen molar-refractivity contribution in [3.05, 3.63) is 83.7 Å². The molecule has 0 unspecified atom stereocenters. The molecular weight excluding hydrogens is 376 g/mol. The van der Waals surface area contributed by atoms with Crippen LogP contribution in [0, 0.1) is 0 Å². The van der Waals surface area contributed by atoms with Gasteiger partial charge in [0.1, 0.15) is 11.6 Å². The Bertz CT molecular complexity index is 983. The van der Waals surface area contributed by atoms with Gasteiger partial charge in [0.25, 0.3) is 5.91 Å². The molecule has 1 amide bonds. The van der Waals surface area contributed by atoms with Crippen LogP contribution >= 0.6 is 0 Å². The topological polar surface area (TPSA) is 75.9 Å². The van der Waals surface area contributed by atoms with Gasteiger partial charge in [0.2, 0.25) is 0 Å². The number of benzene rings is 1. The summed E-state index contributed by atoms with van der Waals surface area (Å²) in [4.78, 5) is 18.6. The highest BCUT2D eigenvalue weighted by Gasteiger charge is 2.18. The van der Waals surface area contributed by atoms with E-state index in [1.165, 1.54) is 5.56 Å². The summed E-state index contributed by atoms with van der Waals surface area (Å²) in [6, 6.07) is 13.9. The molecule has 3 aromatic rings. The maximum atomic E-state index is 12.2. The first-order valence-electron chi connectivity index (χ1n) is 10.3. The van der Waals surface area contributed by atoms with E-state index in [1.807, 2.05) is 6.07 Å². The Morgan fingerprint density at radius 2 is 1.97 bits per heavy atom. The number of carbonyl (C=O) groups excluding carboxylic acids is 1. The number of hydrogen-bond acceptors (Lipinski definition) is 5. The van der Waals surface area contributed by atoms with Gasteiger partial charge in [-0.1, -0.05) is 42.5 Å². The van der Waals surface area contributed by atoms with Crippen molar-refractivity contribution in [3.63, 3.8) is 0 Å². The van der Waals surface area contributed by atoms with Crippen LogP contribution in [0.15, 0.2) is 60.9 Å². The molecule has 154 valence electrons. The molecule has 0 atom stereocenters. The van der Waals surface area contributed by atoms with Crippen LogP contribution in [0.2, 0.25) is 0 Å². The normalized spacial score (nSPS) is 14.4. The number of pyridine rings is 1. The Labute approximate surface area is 176 Å². The number of nitrogens with one attached hydrogen (secondary N) is 1. The lowest BCUT2D eigenvalue weighted by Gasteiger charge is -2.17. The van der Waals surface area contributed by atoms with E-state index in [0.29, 0.717) is 18.5 Å². The minimum atomic E-state index is -0.116. The second kappa shape index (κ2) is 9.93. The predicted molar refractivity (Wildman–Crippen MR) is 116 cm³/mol. The van der Waals surface area contributed by atoms with Crippen molar-refractivity contribution >= 4 is 12.0 Å². The molecule has 0 bridgehead atoms. The van der Waals surface area contributed by atoms with Gasteiger partial charge >= 0.3 is 0 Å². The Kier molecular flexibility index (Phi) is 6.61. The SMILES string of the molecule is O=C(NCCc1nnc2n1CCN(C/C=C/c1ccccc1)CC2)c1cccnc1. The Balaban J connectivity index is 1.27. The largest absolute Gasteiger partial charge is 0.352 e. The number of carbonyl (C=O) groups is 1. The first kappa shape index (κ1) is 20.0. The zero-order valence-electron chi connectivity index (χ0n) is 16.9. The van der Waals surface area contributed by atoms with E-state index in [9.17, 15) is 4.79 Å². The second-order valence-electron chi connectivity index (χ2n) is 7.30. The molecule has 0 aliphatic carbocycles. The minimum Gasteiger partial charge on any atom is -0.352 e. The van der Waals surface area contributed by atoms with Crippen LogP contribution in [0.1, 0.15) is 27.6 Å². The van der Waals surface area contributed by atoms with Crippen molar-refractivity contribution in [1.29, 1.82) is 0 Å². The van der Waals surface area contributed by atoms with Gasteiger partial charge in [-0.3, -0.25) is 14.7 Å². The van der Waals surface area contributed by atoms with Gasteiger partial charge < -0.3 is 9.88 Å². The van der Waals surface area contributed by atoms with Crippen LogP contribution in [0.4, 0.5) is 0 Å². The van der Waals surface area contributed by atoms with Crippen molar-refractivity contribution in [1.82, 2.24) is 30.0 Å². The molecule has 4 rings (SSSR count). The molecule has 0 fully saturated rings. The fraction of sp³-hybridized carbons (Fsp3) is 0.304. The van der Waals surface area contributed by atoms with E-state index in [4.69, 9.17) is 0 Å². The molecular formula is C23H26N6O. The first-order chi connectivity index (χ1) is 14.8. The van der Waals surface area contributed by atoms with Gasteiger partial charge in [0, 0.05) is 58.0 Å². The molecule has 30 heavy (non-hydrogen) atoms. The van der Waals surface area contributed by atoms with Crippen LogP contribution in [0.25, 0.3) is 6.08 Å². The van der Waals surface area contributed by atoms with Gasteiger partial charge in [-0.25, -0.2) is 0 Å². The molecule has 0 saturated heterocycles. The van der Waals surface area contributed by atoms with Gasteiger partial charge in [0.05, 0.1) is 5.56 Å². The molecule has 7 nitrogen and oxygen atoms in total. The van der Waals surface area contributed by atoms with Crippen LogP contribution in [0.5, 0.6) is 0 Å². The number of aromatic nitrogens is 4. The molecule has 1 aliphatic heterocycles. The van der Waals surface area contributed by atoms with E-state index >= 15 is 0 Å². The maximum Gasteiger partial charge on any atom is 0.252 e. The number of fused-ring (bicyclic) bond motifs is 1. The summed E-state index contributed by atoms with van der Waals surface area (Å²) >= 11 is 0. The molecule has 7 heteroatoms. The highest BCUT2D eigenvalue weighted by atomic mass is 16.1. The van der Waals surface area contributed by atoms with E-state index in [2.05, 4.69) is 66.4 Å². The maximum absolute atomic E-state index is 12.2. The fourth-order valence-corrected chi connectivity index (χ4v) is 3.58. The van der Waals surface area contributed by atoms with Crippen LogP contribution < -0.4 is 5.32 Å². The third-order valence-corrected chi connectivity index (χ3v) is 5.23. The zero-order valence-corrected chi connectivity index (χ0v) is 16.9. The highest BCUT2D eigenvalue weighted by Crippen LogP contribution is 2.10. The first-order valence-corrected chi connectivity index (χ1v) is 10.3. The van der Waals surface area contributed by atoms with E-state index in [-0.39, 0.29) is 5.91 Å². The summed E-state index contributed by atoms with van der Waals surface area (Å²) in [6.07, 6.45) is 9.15. The van der Waals surface area contributed by atoms with E-state index in [0.717, 1.165) is 44.2 Å². The van der Waals surface area contributed by atoms with Crippen molar-refractivity contribution in [2.45, 2.75) is 19.4 Å². The molecule has 3 heterocycles. The lowest BCUT2D eigenvalue weighted by atomic mass is 10.2. The lowest BCUT2D eigenvalue weighted by molar-refractivity contribution is 0.0953. The number of amides is 1. The van der Waals surface area contributed by atoms with Gasteiger partial charge in [0.15, 0.2) is 0 Å². The van der Waals surface area contributed by atoms with Crippen molar-refractivity contribution < 1.29 is 4.79 Å². The minimum absolute atomic E-state index is 0.116. The summed E-state index contributed by atoms with van der Waals surface area (Å²) < 4.78 is 2.21. The predicted octanol–water partition coefficient (Wildman–Crippen LogP) is 2.22. The lowest BCUT2D eigenvalue weighted by Crippen LogP contribution is -2.28. The van der Waals surface area contributed by atoms with Gasteiger partial charge in [-0.15, -0.1) is 10.2 Å². The molecule has 0 spiro atoms. The highest BCUT2D eigenvalue weighted by molar-refractivity contribution is 5.93.